The lowest BCUT2D eigenvalue weighted by molar-refractivity contribution is 0.101. The third-order valence-corrected chi connectivity index (χ3v) is 6.52. The fourth-order valence-corrected chi connectivity index (χ4v) is 4.49. The van der Waals surface area contributed by atoms with Crippen molar-refractivity contribution in [2.75, 3.05) is 5.32 Å². The van der Waals surface area contributed by atoms with Crippen molar-refractivity contribution in [3.05, 3.63) is 85.6 Å². The van der Waals surface area contributed by atoms with Gasteiger partial charge in [0.15, 0.2) is 11.5 Å². The van der Waals surface area contributed by atoms with E-state index in [0.29, 0.717) is 32.6 Å². The van der Waals surface area contributed by atoms with E-state index >= 15 is 0 Å². The molecule has 34 heavy (non-hydrogen) atoms. The molecule has 0 atom stereocenters. The minimum atomic E-state index is -0.589. The molecule has 7 nitrogen and oxygen atoms in total. The maximum atomic E-state index is 14.4. The summed E-state index contributed by atoms with van der Waals surface area (Å²) >= 11 is 12.4. The van der Waals surface area contributed by atoms with Crippen LogP contribution in [0.1, 0.15) is 40.5 Å². The molecule has 1 aliphatic carbocycles. The predicted octanol–water partition coefficient (Wildman–Crippen LogP) is 5.72. The van der Waals surface area contributed by atoms with Gasteiger partial charge in [-0.15, -0.1) is 0 Å². The number of para-hydroxylation sites is 1. The molecule has 0 bridgehead atoms. The molecule has 1 fully saturated rings. The van der Waals surface area contributed by atoms with Crippen molar-refractivity contribution in [3.8, 4) is 17.0 Å². The number of aromatic nitrogens is 3. The Morgan fingerprint density at radius 1 is 1.21 bits per heavy atom. The number of anilines is 1. The number of nitrogens with zero attached hydrogens (tertiary/aromatic N) is 3. The summed E-state index contributed by atoms with van der Waals surface area (Å²) in [4.78, 5) is 26.4. The summed E-state index contributed by atoms with van der Waals surface area (Å²) in [6.07, 6.45) is 1.76. The zero-order valence-electron chi connectivity index (χ0n) is 18.2. The summed E-state index contributed by atoms with van der Waals surface area (Å²) in [6.45, 7) is 1.66. The SMILES string of the molecule is Cc1c(NC(=O)c2noc(-c3ccc(Cl)cc3Cl)c2C2CC2)c(=O)n(-c2ccccc2F)n1C. The predicted molar refractivity (Wildman–Crippen MR) is 128 cm³/mol. The molecule has 5 rings (SSSR count). The molecule has 0 saturated heterocycles. The lowest BCUT2D eigenvalue weighted by atomic mass is 10.0. The Morgan fingerprint density at radius 3 is 2.62 bits per heavy atom. The van der Waals surface area contributed by atoms with E-state index in [9.17, 15) is 14.0 Å². The molecule has 174 valence electrons. The van der Waals surface area contributed by atoms with Gasteiger partial charge in [-0.3, -0.25) is 14.3 Å². The number of hydrogen-bond donors (Lipinski definition) is 1. The number of carbonyl (C=O) groups is 1. The summed E-state index contributed by atoms with van der Waals surface area (Å²) in [5.41, 5.74) is 1.32. The lowest BCUT2D eigenvalue weighted by Crippen LogP contribution is -2.24. The van der Waals surface area contributed by atoms with E-state index in [0.717, 1.165) is 12.8 Å². The Hall–Kier alpha value is -3.36. The minimum absolute atomic E-state index is 0.0339. The van der Waals surface area contributed by atoms with Crippen LogP contribution in [0, 0.1) is 12.7 Å². The number of rotatable bonds is 5. The van der Waals surface area contributed by atoms with Crippen LogP contribution in [0.5, 0.6) is 0 Å². The van der Waals surface area contributed by atoms with Gasteiger partial charge in [-0.1, -0.05) is 40.5 Å². The Bertz CT molecular complexity index is 1500. The van der Waals surface area contributed by atoms with E-state index in [4.69, 9.17) is 27.7 Å². The molecule has 10 heteroatoms. The first-order valence-corrected chi connectivity index (χ1v) is 11.3. The van der Waals surface area contributed by atoms with Crippen LogP contribution in [0.2, 0.25) is 10.0 Å². The molecule has 1 N–H and O–H groups in total. The summed E-state index contributed by atoms with van der Waals surface area (Å²) in [6, 6.07) is 10.9. The van der Waals surface area contributed by atoms with Crippen molar-refractivity contribution >= 4 is 34.8 Å². The van der Waals surface area contributed by atoms with Crippen LogP contribution >= 0.6 is 23.2 Å². The van der Waals surface area contributed by atoms with Crippen molar-refractivity contribution in [1.82, 2.24) is 14.5 Å². The fourth-order valence-electron chi connectivity index (χ4n) is 4.00. The summed E-state index contributed by atoms with van der Waals surface area (Å²) in [5, 5.41) is 7.54. The number of benzene rings is 2. The van der Waals surface area contributed by atoms with Crippen LogP contribution < -0.4 is 10.9 Å². The summed E-state index contributed by atoms with van der Waals surface area (Å²) < 4.78 is 22.6. The molecule has 0 unspecified atom stereocenters. The normalized spacial score (nSPS) is 13.3. The standard InChI is InChI=1S/C24H19Cl2FN4O3/c1-12-20(24(33)31(30(12)2)18-6-4-3-5-17(18)27)28-23(32)21-19(13-7-8-13)22(34-29-21)15-10-9-14(25)11-16(15)26/h3-6,9-11,13H,7-8H2,1-2H3,(H,28,32). The van der Waals surface area contributed by atoms with Gasteiger partial charge in [-0.2, -0.15) is 0 Å². The van der Waals surface area contributed by atoms with Gasteiger partial charge in [-0.05, 0) is 56.0 Å². The monoisotopic (exact) mass is 500 g/mol. The zero-order chi connectivity index (χ0) is 24.1. The molecule has 4 aromatic rings. The second-order valence-electron chi connectivity index (χ2n) is 8.18. The fraction of sp³-hybridized carbons (Fsp3) is 0.208. The molecule has 0 radical (unpaired) electrons. The van der Waals surface area contributed by atoms with Gasteiger partial charge in [0.2, 0.25) is 0 Å². The topological polar surface area (TPSA) is 82.1 Å². The Labute approximate surface area is 203 Å². The van der Waals surface area contributed by atoms with E-state index in [1.807, 2.05) is 0 Å². The zero-order valence-corrected chi connectivity index (χ0v) is 19.7. The largest absolute Gasteiger partial charge is 0.355 e. The van der Waals surface area contributed by atoms with Crippen molar-refractivity contribution in [1.29, 1.82) is 0 Å². The van der Waals surface area contributed by atoms with E-state index < -0.39 is 17.3 Å². The Balaban J connectivity index is 1.54. The highest BCUT2D eigenvalue weighted by molar-refractivity contribution is 6.36. The van der Waals surface area contributed by atoms with E-state index in [2.05, 4.69) is 10.5 Å². The quantitative estimate of drug-likeness (QED) is 0.380. The highest BCUT2D eigenvalue weighted by atomic mass is 35.5. The second-order valence-corrected chi connectivity index (χ2v) is 9.02. The van der Waals surface area contributed by atoms with Gasteiger partial charge in [0.05, 0.1) is 10.7 Å². The third-order valence-electron chi connectivity index (χ3n) is 5.98. The van der Waals surface area contributed by atoms with Gasteiger partial charge >= 0.3 is 0 Å². The van der Waals surface area contributed by atoms with E-state index in [1.54, 1.807) is 38.2 Å². The van der Waals surface area contributed by atoms with Gasteiger partial charge in [0, 0.05) is 23.2 Å². The van der Waals surface area contributed by atoms with E-state index in [1.165, 1.54) is 27.6 Å². The van der Waals surface area contributed by atoms with Gasteiger partial charge in [0.25, 0.3) is 11.5 Å². The van der Waals surface area contributed by atoms with Crippen LogP contribution in [0.15, 0.2) is 51.8 Å². The molecule has 0 aliphatic heterocycles. The molecule has 2 heterocycles. The first kappa shape index (κ1) is 22.4. The van der Waals surface area contributed by atoms with Crippen molar-refractivity contribution in [2.24, 2.45) is 7.05 Å². The van der Waals surface area contributed by atoms with Crippen LogP contribution in [0.3, 0.4) is 0 Å². The van der Waals surface area contributed by atoms with Crippen LogP contribution in [-0.4, -0.2) is 20.4 Å². The highest BCUT2D eigenvalue weighted by Crippen LogP contribution is 2.47. The molecule has 1 saturated carbocycles. The van der Waals surface area contributed by atoms with Crippen LogP contribution in [0.4, 0.5) is 10.1 Å². The first-order valence-electron chi connectivity index (χ1n) is 10.6. The number of halogens is 3. The molecule has 1 amide bonds. The highest BCUT2D eigenvalue weighted by Gasteiger charge is 2.36. The smallest absolute Gasteiger partial charge is 0.295 e. The van der Waals surface area contributed by atoms with Crippen molar-refractivity contribution < 1.29 is 13.7 Å². The average Bonchev–Trinajstić information content (AvgIpc) is 3.51. The van der Waals surface area contributed by atoms with Gasteiger partial charge in [0.1, 0.15) is 17.2 Å². The molecule has 0 spiro atoms. The number of carbonyl (C=O) groups excluding carboxylic acids is 1. The molecule has 2 aromatic carbocycles. The Morgan fingerprint density at radius 2 is 1.94 bits per heavy atom. The van der Waals surface area contributed by atoms with Crippen LogP contribution in [0.25, 0.3) is 17.0 Å². The first-order chi connectivity index (χ1) is 16.3. The lowest BCUT2D eigenvalue weighted by Gasteiger charge is -2.08. The summed E-state index contributed by atoms with van der Waals surface area (Å²) in [5.74, 6) is -0.642. The van der Waals surface area contributed by atoms with Gasteiger partial charge in [-0.25, -0.2) is 9.07 Å². The van der Waals surface area contributed by atoms with E-state index in [-0.39, 0.29) is 23.0 Å². The number of nitrogens with one attached hydrogen (secondary N) is 1. The molecule has 1 aliphatic rings. The number of amides is 1. The minimum Gasteiger partial charge on any atom is -0.355 e. The third kappa shape index (κ3) is 3.73. The Kier molecular flexibility index (Phi) is 5.58. The maximum Gasteiger partial charge on any atom is 0.295 e. The molecule has 2 aromatic heterocycles. The van der Waals surface area contributed by atoms with Crippen molar-refractivity contribution in [3.63, 3.8) is 0 Å². The molecular weight excluding hydrogens is 482 g/mol. The summed E-state index contributed by atoms with van der Waals surface area (Å²) in [7, 11) is 1.62. The van der Waals surface area contributed by atoms with Gasteiger partial charge < -0.3 is 9.84 Å². The van der Waals surface area contributed by atoms with Crippen LogP contribution in [-0.2, 0) is 7.05 Å². The number of hydrogen-bond acceptors (Lipinski definition) is 4. The van der Waals surface area contributed by atoms with Crippen molar-refractivity contribution in [2.45, 2.75) is 25.7 Å². The molecular formula is C24H19Cl2FN4O3. The average molecular weight is 501 g/mol. The second kappa shape index (κ2) is 8.45. The maximum absolute atomic E-state index is 14.4.